The number of furan rings is 1. The van der Waals surface area contributed by atoms with E-state index in [4.69, 9.17) is 4.42 Å². The summed E-state index contributed by atoms with van der Waals surface area (Å²) < 4.78 is 5.50. The van der Waals surface area contributed by atoms with Gasteiger partial charge in [0.15, 0.2) is 5.76 Å². The first-order valence-corrected chi connectivity index (χ1v) is 5.22. The lowest BCUT2D eigenvalue weighted by atomic mass is 9.94. The Morgan fingerprint density at radius 2 is 1.93 bits per heavy atom. The molecular weight excluding hydrogens is 190 g/mol. The molecule has 0 saturated heterocycles. The van der Waals surface area contributed by atoms with Crippen molar-refractivity contribution >= 4 is 5.91 Å². The minimum atomic E-state index is -0.152. The summed E-state index contributed by atoms with van der Waals surface area (Å²) in [6, 6.07) is 3.70. The number of hydrogen-bond acceptors (Lipinski definition) is 2. The van der Waals surface area contributed by atoms with Gasteiger partial charge in [-0.05, 0) is 26.0 Å². The lowest BCUT2D eigenvalue weighted by molar-refractivity contribution is 0.0912. The number of amides is 1. The van der Waals surface area contributed by atoms with Gasteiger partial charge in [0.05, 0.1) is 0 Å². The van der Waals surface area contributed by atoms with Gasteiger partial charge in [0, 0.05) is 11.5 Å². The van der Waals surface area contributed by atoms with Crippen LogP contribution in [0.1, 0.15) is 50.9 Å². The van der Waals surface area contributed by atoms with Crippen molar-refractivity contribution in [2.45, 2.75) is 46.1 Å². The molecule has 0 bridgehead atoms. The van der Waals surface area contributed by atoms with E-state index in [1.54, 1.807) is 6.07 Å². The van der Waals surface area contributed by atoms with Crippen LogP contribution in [0.4, 0.5) is 0 Å². The first-order chi connectivity index (χ1) is 6.80. The zero-order valence-corrected chi connectivity index (χ0v) is 10.0. The van der Waals surface area contributed by atoms with E-state index in [9.17, 15) is 4.79 Å². The largest absolute Gasteiger partial charge is 0.455 e. The van der Waals surface area contributed by atoms with Gasteiger partial charge in [-0.2, -0.15) is 0 Å². The fourth-order valence-corrected chi connectivity index (χ4v) is 1.20. The monoisotopic (exact) mass is 209 g/mol. The molecule has 0 aliphatic heterocycles. The zero-order valence-electron chi connectivity index (χ0n) is 10.0. The van der Waals surface area contributed by atoms with E-state index in [1.807, 2.05) is 19.9 Å². The molecule has 3 nitrogen and oxygen atoms in total. The van der Waals surface area contributed by atoms with Crippen molar-refractivity contribution in [3.05, 3.63) is 23.7 Å². The summed E-state index contributed by atoms with van der Waals surface area (Å²) in [6.45, 7) is 10.00. The van der Waals surface area contributed by atoms with E-state index >= 15 is 0 Å². The smallest absolute Gasteiger partial charge is 0.287 e. The maximum atomic E-state index is 11.6. The van der Waals surface area contributed by atoms with Gasteiger partial charge < -0.3 is 9.73 Å². The maximum Gasteiger partial charge on any atom is 0.287 e. The van der Waals surface area contributed by atoms with Gasteiger partial charge in [-0.25, -0.2) is 0 Å². The number of rotatable bonds is 2. The molecule has 0 fully saturated rings. The Hall–Kier alpha value is -1.25. The standard InChI is InChI=1S/C12H19NO2/c1-8(2)13-11(14)9-6-7-10(15-9)12(3,4)5/h6-8H,1-5H3,(H,13,14). The lowest BCUT2D eigenvalue weighted by Gasteiger charge is -2.14. The second-order valence-corrected chi connectivity index (χ2v) is 5.04. The van der Waals surface area contributed by atoms with Crippen LogP contribution in [0.5, 0.6) is 0 Å². The Bertz CT molecular complexity index is 345. The van der Waals surface area contributed by atoms with Crippen molar-refractivity contribution in [2.75, 3.05) is 0 Å². The third-order valence-electron chi connectivity index (χ3n) is 1.99. The molecule has 0 radical (unpaired) electrons. The Labute approximate surface area is 90.9 Å². The third-order valence-corrected chi connectivity index (χ3v) is 1.99. The van der Waals surface area contributed by atoms with Crippen LogP contribution in [0.25, 0.3) is 0 Å². The van der Waals surface area contributed by atoms with Crippen molar-refractivity contribution in [1.29, 1.82) is 0 Å². The molecule has 84 valence electrons. The lowest BCUT2D eigenvalue weighted by Crippen LogP contribution is -2.29. The molecule has 1 amide bonds. The number of carbonyl (C=O) groups is 1. The van der Waals surface area contributed by atoms with Crippen molar-refractivity contribution in [3.8, 4) is 0 Å². The predicted octanol–water partition coefficient (Wildman–Crippen LogP) is 2.72. The molecule has 0 aliphatic carbocycles. The SMILES string of the molecule is CC(C)NC(=O)c1ccc(C(C)(C)C)o1. The molecule has 1 rings (SSSR count). The molecule has 0 atom stereocenters. The summed E-state index contributed by atoms with van der Waals surface area (Å²) in [7, 11) is 0. The van der Waals surface area contributed by atoms with Gasteiger partial charge in [0.1, 0.15) is 5.76 Å². The van der Waals surface area contributed by atoms with Gasteiger partial charge in [0.2, 0.25) is 0 Å². The highest BCUT2D eigenvalue weighted by Crippen LogP contribution is 2.24. The fourth-order valence-electron chi connectivity index (χ4n) is 1.20. The van der Waals surface area contributed by atoms with E-state index in [-0.39, 0.29) is 17.4 Å². The maximum absolute atomic E-state index is 11.6. The fraction of sp³-hybridized carbons (Fsp3) is 0.583. The predicted molar refractivity (Wildman–Crippen MR) is 60.0 cm³/mol. The van der Waals surface area contributed by atoms with Crippen LogP contribution in [0.3, 0.4) is 0 Å². The average molecular weight is 209 g/mol. The number of nitrogens with one attached hydrogen (secondary N) is 1. The Balaban J connectivity index is 2.81. The molecule has 1 N–H and O–H groups in total. The molecule has 1 aromatic heterocycles. The number of hydrogen-bond donors (Lipinski definition) is 1. The van der Waals surface area contributed by atoms with E-state index < -0.39 is 0 Å². The van der Waals surface area contributed by atoms with Crippen molar-refractivity contribution < 1.29 is 9.21 Å². The minimum absolute atomic E-state index is 0.0592. The second-order valence-electron chi connectivity index (χ2n) is 5.04. The summed E-state index contributed by atoms with van der Waals surface area (Å²) in [5.41, 5.74) is -0.0592. The molecule has 1 heterocycles. The Kier molecular flexibility index (Phi) is 3.22. The molecule has 1 aromatic rings. The van der Waals surface area contributed by atoms with Crippen molar-refractivity contribution in [1.82, 2.24) is 5.32 Å². The summed E-state index contributed by atoms with van der Waals surface area (Å²) in [6.07, 6.45) is 0. The quantitative estimate of drug-likeness (QED) is 0.813. The molecule has 3 heteroatoms. The molecule has 0 saturated carbocycles. The highest BCUT2D eigenvalue weighted by molar-refractivity contribution is 5.91. The second kappa shape index (κ2) is 4.09. The highest BCUT2D eigenvalue weighted by atomic mass is 16.4. The summed E-state index contributed by atoms with van der Waals surface area (Å²) in [4.78, 5) is 11.6. The van der Waals surface area contributed by atoms with Crippen LogP contribution >= 0.6 is 0 Å². The van der Waals surface area contributed by atoms with Crippen LogP contribution in [-0.2, 0) is 5.41 Å². The van der Waals surface area contributed by atoms with Crippen LogP contribution in [0.15, 0.2) is 16.5 Å². The normalized spacial score (nSPS) is 11.9. The highest BCUT2D eigenvalue weighted by Gasteiger charge is 2.20. The van der Waals surface area contributed by atoms with Gasteiger partial charge in [-0.15, -0.1) is 0 Å². The summed E-state index contributed by atoms with van der Waals surface area (Å²) in [5, 5.41) is 2.79. The van der Waals surface area contributed by atoms with E-state index in [1.165, 1.54) is 0 Å². The zero-order chi connectivity index (χ0) is 11.6. The molecule has 0 spiro atoms. The first-order valence-electron chi connectivity index (χ1n) is 5.22. The first kappa shape index (κ1) is 11.8. The van der Waals surface area contributed by atoms with E-state index in [0.29, 0.717) is 5.76 Å². The van der Waals surface area contributed by atoms with E-state index in [0.717, 1.165) is 5.76 Å². The van der Waals surface area contributed by atoms with Gasteiger partial charge in [-0.3, -0.25) is 4.79 Å². The summed E-state index contributed by atoms with van der Waals surface area (Å²) in [5.74, 6) is 1.06. The van der Waals surface area contributed by atoms with Crippen LogP contribution < -0.4 is 5.32 Å². The molecule has 0 unspecified atom stereocenters. The van der Waals surface area contributed by atoms with Crippen molar-refractivity contribution in [3.63, 3.8) is 0 Å². The average Bonchev–Trinajstić information content (AvgIpc) is 2.48. The Morgan fingerprint density at radius 1 is 1.33 bits per heavy atom. The van der Waals surface area contributed by atoms with Gasteiger partial charge >= 0.3 is 0 Å². The molecule has 0 aliphatic rings. The molecule has 15 heavy (non-hydrogen) atoms. The Morgan fingerprint density at radius 3 is 2.33 bits per heavy atom. The van der Waals surface area contributed by atoms with Crippen molar-refractivity contribution in [2.24, 2.45) is 0 Å². The van der Waals surface area contributed by atoms with Gasteiger partial charge in [-0.1, -0.05) is 20.8 Å². The van der Waals surface area contributed by atoms with Gasteiger partial charge in [0.25, 0.3) is 5.91 Å². The van der Waals surface area contributed by atoms with Crippen LogP contribution in [-0.4, -0.2) is 11.9 Å². The van der Waals surface area contributed by atoms with Crippen LogP contribution in [0.2, 0.25) is 0 Å². The molecular formula is C12H19NO2. The van der Waals surface area contributed by atoms with E-state index in [2.05, 4.69) is 26.1 Å². The topological polar surface area (TPSA) is 42.2 Å². The number of carbonyl (C=O) groups excluding carboxylic acids is 1. The summed E-state index contributed by atoms with van der Waals surface area (Å²) >= 11 is 0. The minimum Gasteiger partial charge on any atom is -0.455 e. The molecule has 0 aromatic carbocycles. The van der Waals surface area contributed by atoms with Crippen LogP contribution in [0, 0.1) is 0 Å². The third kappa shape index (κ3) is 3.11.